The van der Waals surface area contributed by atoms with Gasteiger partial charge in [0.15, 0.2) is 6.61 Å². The Morgan fingerprint density at radius 1 is 2.00 bits per heavy atom. The predicted octanol–water partition coefficient (Wildman–Crippen LogP) is -0.635. The first-order valence-electron chi connectivity index (χ1n) is 2.10. The number of nitrogens with zero attached hydrogens (tertiary/aromatic N) is 1. The van der Waals surface area contributed by atoms with E-state index in [-0.39, 0.29) is 12.5 Å². The molecule has 0 heterocycles. The minimum Gasteiger partial charge on any atom is -0.386 e. The second-order valence-corrected chi connectivity index (χ2v) is 1.08. The van der Waals surface area contributed by atoms with E-state index in [0.29, 0.717) is 0 Å². The average Bonchev–Trinajstić information content (AvgIpc) is 1.83. The van der Waals surface area contributed by atoms with E-state index in [4.69, 9.17) is 0 Å². The highest BCUT2D eigenvalue weighted by molar-refractivity contribution is 5.76. The lowest BCUT2D eigenvalue weighted by atomic mass is 10.7. The minimum atomic E-state index is -0.211. The number of rotatable bonds is 3. The third-order valence-electron chi connectivity index (χ3n) is 0.566. The summed E-state index contributed by atoms with van der Waals surface area (Å²) in [7, 11) is 1.52. The van der Waals surface area contributed by atoms with Crippen LogP contribution in [0.25, 0.3) is 0 Å². The molecule has 4 heteroatoms. The van der Waals surface area contributed by atoms with E-state index in [1.807, 2.05) is 0 Å². The van der Waals surface area contributed by atoms with Crippen molar-refractivity contribution in [2.24, 2.45) is 5.16 Å². The highest BCUT2D eigenvalue weighted by Gasteiger charge is 1.93. The molecule has 1 amide bonds. The molecule has 0 atom stereocenters. The Kier molecular flexibility index (Phi) is 3.56. The molecule has 46 valence electrons. The third-order valence-corrected chi connectivity index (χ3v) is 0.566. The Hall–Kier alpha value is -1.06. The monoisotopic (exact) mass is 116 g/mol. The molecule has 0 aliphatic rings. The molecule has 8 heavy (non-hydrogen) atoms. The zero-order valence-corrected chi connectivity index (χ0v) is 4.68. The molecule has 0 saturated carbocycles. The Labute approximate surface area is 47.5 Å². The van der Waals surface area contributed by atoms with Crippen LogP contribution >= 0.6 is 0 Å². The number of likely N-dealkylation sites (N-methyl/N-ethyl adjacent to an activating group) is 1. The van der Waals surface area contributed by atoms with E-state index < -0.39 is 0 Å². The number of hydrogen-bond donors (Lipinski definition) is 1. The van der Waals surface area contributed by atoms with Gasteiger partial charge in [0.1, 0.15) is 0 Å². The maximum Gasteiger partial charge on any atom is 0.260 e. The standard InChI is InChI=1S/C4H8N2O2/c1-5-4(7)3-8-6-2/h2-3H2,1H3,(H,5,7). The second kappa shape index (κ2) is 4.11. The largest absolute Gasteiger partial charge is 0.386 e. The lowest BCUT2D eigenvalue weighted by molar-refractivity contribution is -0.125. The van der Waals surface area contributed by atoms with Gasteiger partial charge in [-0.05, 0) is 0 Å². The first kappa shape index (κ1) is 6.94. The Morgan fingerprint density at radius 2 is 2.62 bits per heavy atom. The van der Waals surface area contributed by atoms with E-state index in [2.05, 4.69) is 22.0 Å². The van der Waals surface area contributed by atoms with E-state index in [1.54, 1.807) is 0 Å². The van der Waals surface area contributed by atoms with Crippen LogP contribution in [0.1, 0.15) is 0 Å². The normalized spacial score (nSPS) is 7.62. The molecule has 0 aromatic rings. The molecule has 0 aromatic heterocycles. The van der Waals surface area contributed by atoms with E-state index in [9.17, 15) is 4.79 Å². The highest BCUT2D eigenvalue weighted by Crippen LogP contribution is 1.70. The molecule has 0 unspecified atom stereocenters. The van der Waals surface area contributed by atoms with E-state index >= 15 is 0 Å². The maximum absolute atomic E-state index is 10.2. The number of carbonyl (C=O) groups is 1. The van der Waals surface area contributed by atoms with Gasteiger partial charge in [0.25, 0.3) is 5.91 Å². The molecule has 0 aliphatic carbocycles. The topological polar surface area (TPSA) is 50.7 Å². The molecule has 0 aliphatic heterocycles. The van der Waals surface area contributed by atoms with Gasteiger partial charge in [0.05, 0.1) is 0 Å². The lowest BCUT2D eigenvalue weighted by Crippen LogP contribution is -2.22. The second-order valence-electron chi connectivity index (χ2n) is 1.08. The Balaban J connectivity index is 3.11. The summed E-state index contributed by atoms with van der Waals surface area (Å²) >= 11 is 0. The quantitative estimate of drug-likeness (QED) is 0.394. The van der Waals surface area contributed by atoms with Crippen LogP contribution in [-0.4, -0.2) is 26.3 Å². The van der Waals surface area contributed by atoms with Crippen molar-refractivity contribution >= 4 is 12.6 Å². The molecular weight excluding hydrogens is 108 g/mol. The summed E-state index contributed by atoms with van der Waals surface area (Å²) < 4.78 is 0. The zero-order chi connectivity index (χ0) is 6.41. The van der Waals surface area contributed by atoms with Gasteiger partial charge >= 0.3 is 0 Å². The molecule has 0 fully saturated rings. The van der Waals surface area contributed by atoms with Crippen LogP contribution in [0.4, 0.5) is 0 Å². The van der Waals surface area contributed by atoms with Gasteiger partial charge in [-0.25, -0.2) is 0 Å². The summed E-state index contributed by atoms with van der Waals surface area (Å²) in [6.07, 6.45) is 0. The van der Waals surface area contributed by atoms with Crippen molar-refractivity contribution in [1.82, 2.24) is 5.32 Å². The number of amides is 1. The fraction of sp³-hybridized carbons (Fsp3) is 0.500. The van der Waals surface area contributed by atoms with Crippen molar-refractivity contribution < 1.29 is 9.63 Å². The van der Waals surface area contributed by atoms with Gasteiger partial charge in [-0.1, -0.05) is 0 Å². The van der Waals surface area contributed by atoms with Crippen molar-refractivity contribution in [3.63, 3.8) is 0 Å². The van der Waals surface area contributed by atoms with Crippen LogP contribution in [-0.2, 0) is 9.63 Å². The summed E-state index contributed by atoms with van der Waals surface area (Å²) in [6, 6.07) is 0. The van der Waals surface area contributed by atoms with Gasteiger partial charge in [-0.2, -0.15) is 0 Å². The van der Waals surface area contributed by atoms with Gasteiger partial charge in [-0.3, -0.25) is 4.79 Å². The molecular formula is C4H8N2O2. The van der Waals surface area contributed by atoms with E-state index in [0.717, 1.165) is 0 Å². The number of nitrogens with one attached hydrogen (secondary N) is 1. The van der Waals surface area contributed by atoms with Crippen LogP contribution in [0, 0.1) is 0 Å². The summed E-state index contributed by atoms with van der Waals surface area (Å²) in [6.45, 7) is 2.96. The van der Waals surface area contributed by atoms with Crippen molar-refractivity contribution in [3.8, 4) is 0 Å². The first-order valence-corrected chi connectivity index (χ1v) is 2.10. The number of hydrogen-bond acceptors (Lipinski definition) is 3. The molecule has 0 radical (unpaired) electrons. The van der Waals surface area contributed by atoms with Gasteiger partial charge in [0.2, 0.25) is 0 Å². The molecule has 0 saturated heterocycles. The zero-order valence-electron chi connectivity index (χ0n) is 4.68. The number of oxime groups is 1. The first-order chi connectivity index (χ1) is 3.81. The fourth-order valence-corrected chi connectivity index (χ4v) is 0.176. The van der Waals surface area contributed by atoms with Crippen LogP contribution in [0.2, 0.25) is 0 Å². The van der Waals surface area contributed by atoms with Crippen molar-refractivity contribution in [2.45, 2.75) is 0 Å². The van der Waals surface area contributed by atoms with E-state index in [1.165, 1.54) is 7.05 Å². The predicted molar refractivity (Wildman–Crippen MR) is 29.6 cm³/mol. The van der Waals surface area contributed by atoms with Gasteiger partial charge < -0.3 is 10.2 Å². The summed E-state index contributed by atoms with van der Waals surface area (Å²) in [4.78, 5) is 14.5. The summed E-state index contributed by atoms with van der Waals surface area (Å²) in [5.41, 5.74) is 0. The van der Waals surface area contributed by atoms with Crippen LogP contribution < -0.4 is 5.32 Å². The average molecular weight is 116 g/mol. The third kappa shape index (κ3) is 3.14. The van der Waals surface area contributed by atoms with Gasteiger partial charge in [0, 0.05) is 13.8 Å². The molecule has 4 nitrogen and oxygen atoms in total. The molecule has 0 rings (SSSR count). The maximum atomic E-state index is 10.2. The summed E-state index contributed by atoms with van der Waals surface area (Å²) in [5, 5.41) is 5.36. The highest BCUT2D eigenvalue weighted by atomic mass is 16.6. The van der Waals surface area contributed by atoms with Gasteiger partial charge in [-0.15, -0.1) is 5.16 Å². The molecule has 1 N–H and O–H groups in total. The molecule has 0 bridgehead atoms. The Bertz CT molecular complexity index is 92.0. The minimum absolute atomic E-state index is 0.0556. The summed E-state index contributed by atoms with van der Waals surface area (Å²) in [5.74, 6) is -0.211. The van der Waals surface area contributed by atoms with Crippen molar-refractivity contribution in [2.75, 3.05) is 13.7 Å². The molecule has 0 aromatic carbocycles. The lowest BCUT2D eigenvalue weighted by Gasteiger charge is -1.94. The van der Waals surface area contributed by atoms with Crippen LogP contribution in [0.15, 0.2) is 5.16 Å². The van der Waals surface area contributed by atoms with Crippen LogP contribution in [0.5, 0.6) is 0 Å². The van der Waals surface area contributed by atoms with Crippen LogP contribution in [0.3, 0.4) is 0 Å². The SMILES string of the molecule is C=NOCC(=O)NC. The van der Waals surface area contributed by atoms with Crippen molar-refractivity contribution in [1.29, 1.82) is 0 Å². The van der Waals surface area contributed by atoms with Crippen molar-refractivity contribution in [3.05, 3.63) is 0 Å². The smallest absolute Gasteiger partial charge is 0.260 e. The fourth-order valence-electron chi connectivity index (χ4n) is 0.176. The molecule has 0 spiro atoms. The Morgan fingerprint density at radius 3 is 3.00 bits per heavy atom. The number of carbonyl (C=O) groups excluding carboxylic acids is 1.